The molecule has 1 heterocycles. The second-order valence-corrected chi connectivity index (χ2v) is 6.74. The zero-order valence-corrected chi connectivity index (χ0v) is 18.8. The number of aromatic nitrogens is 1. The van der Waals surface area contributed by atoms with Gasteiger partial charge in [-0.15, -0.1) is 35.3 Å². The number of hydrogen-bond acceptors (Lipinski definition) is 4. The monoisotopic (exact) mass is 507 g/mol. The van der Waals surface area contributed by atoms with Crippen LogP contribution >= 0.6 is 35.3 Å². The smallest absolute Gasteiger partial charge is 0.357 e. The lowest BCUT2D eigenvalue weighted by Gasteiger charge is -2.22. The summed E-state index contributed by atoms with van der Waals surface area (Å²) in [6, 6.07) is 0.512. The van der Waals surface area contributed by atoms with E-state index in [1.165, 1.54) is 0 Å². The molecular formula is C16H29F3IN5S. The number of aliphatic imine (C=N–C) groups is 1. The van der Waals surface area contributed by atoms with Crippen molar-refractivity contribution in [3.63, 3.8) is 0 Å². The third-order valence-electron chi connectivity index (χ3n) is 3.88. The minimum Gasteiger partial charge on any atom is -0.357 e. The predicted molar refractivity (Wildman–Crippen MR) is 113 cm³/mol. The molecule has 0 amide bonds. The van der Waals surface area contributed by atoms with E-state index in [0.717, 1.165) is 36.2 Å². The summed E-state index contributed by atoms with van der Waals surface area (Å²) in [4.78, 5) is 10.4. The van der Waals surface area contributed by atoms with Gasteiger partial charge in [-0.3, -0.25) is 4.99 Å². The molecule has 0 saturated carbocycles. The summed E-state index contributed by atoms with van der Waals surface area (Å²) in [7, 11) is 2.07. The Kier molecular flexibility index (Phi) is 12.4. The molecule has 152 valence electrons. The summed E-state index contributed by atoms with van der Waals surface area (Å²) in [6.07, 6.45) is -2.86. The largest absolute Gasteiger partial charge is 0.434 e. The first-order valence-corrected chi connectivity index (χ1v) is 9.39. The van der Waals surface area contributed by atoms with Crippen LogP contribution in [-0.4, -0.2) is 55.1 Å². The maximum atomic E-state index is 12.5. The lowest BCUT2D eigenvalue weighted by Crippen LogP contribution is -2.39. The maximum absolute atomic E-state index is 12.5. The molecule has 1 aromatic heterocycles. The molecule has 0 fully saturated rings. The minimum atomic E-state index is -4.37. The van der Waals surface area contributed by atoms with Gasteiger partial charge in [-0.1, -0.05) is 6.92 Å². The van der Waals surface area contributed by atoms with E-state index in [2.05, 4.69) is 46.4 Å². The molecule has 1 atom stereocenters. The van der Waals surface area contributed by atoms with Gasteiger partial charge in [-0.05, 0) is 27.3 Å². The molecule has 0 aliphatic rings. The summed E-state index contributed by atoms with van der Waals surface area (Å²) in [5.41, 5.74) is -0.818. The van der Waals surface area contributed by atoms with E-state index in [9.17, 15) is 13.2 Å². The van der Waals surface area contributed by atoms with Crippen molar-refractivity contribution in [2.24, 2.45) is 4.99 Å². The summed E-state index contributed by atoms with van der Waals surface area (Å²) < 4.78 is 37.6. The van der Waals surface area contributed by atoms with Crippen LogP contribution in [0.4, 0.5) is 13.2 Å². The Morgan fingerprint density at radius 2 is 2.04 bits per heavy atom. The third-order valence-corrected chi connectivity index (χ3v) is 4.79. The standard InChI is InChI=1S/C16H28F3N5S.HI/c1-5-12(3)24(4)10-9-22-15(20-6-2)21-8-7-14-23-13(11-25-14)16(17,18)19;/h11-12H,5-10H2,1-4H3,(H2,20,21,22);1H. The summed E-state index contributed by atoms with van der Waals surface area (Å²) in [6.45, 7) is 9.02. The lowest BCUT2D eigenvalue weighted by atomic mass is 10.2. The summed E-state index contributed by atoms with van der Waals surface area (Å²) >= 11 is 1.03. The fourth-order valence-corrected chi connectivity index (χ4v) is 2.84. The number of likely N-dealkylation sites (N-methyl/N-ethyl adjacent to an activating group) is 1. The second kappa shape index (κ2) is 12.7. The Morgan fingerprint density at radius 3 is 2.58 bits per heavy atom. The Morgan fingerprint density at radius 1 is 1.35 bits per heavy atom. The highest BCUT2D eigenvalue weighted by molar-refractivity contribution is 14.0. The predicted octanol–water partition coefficient (Wildman–Crippen LogP) is 3.61. The molecule has 26 heavy (non-hydrogen) atoms. The zero-order chi connectivity index (χ0) is 18.9. The van der Waals surface area contributed by atoms with Crippen LogP contribution in [-0.2, 0) is 12.6 Å². The molecule has 0 saturated heterocycles. The molecule has 0 aromatic carbocycles. The fraction of sp³-hybridized carbons (Fsp3) is 0.750. The van der Waals surface area contributed by atoms with Crippen LogP contribution in [0.3, 0.4) is 0 Å². The van der Waals surface area contributed by atoms with Crippen molar-refractivity contribution in [3.05, 3.63) is 16.1 Å². The molecule has 1 unspecified atom stereocenters. The van der Waals surface area contributed by atoms with E-state index >= 15 is 0 Å². The van der Waals surface area contributed by atoms with Crippen molar-refractivity contribution in [2.75, 3.05) is 33.2 Å². The van der Waals surface area contributed by atoms with Crippen molar-refractivity contribution in [1.82, 2.24) is 20.5 Å². The first-order valence-electron chi connectivity index (χ1n) is 8.51. The number of hydrogen-bond donors (Lipinski definition) is 2. The molecule has 2 N–H and O–H groups in total. The average molecular weight is 507 g/mol. The highest BCUT2D eigenvalue weighted by Crippen LogP contribution is 2.29. The van der Waals surface area contributed by atoms with Crippen molar-refractivity contribution in [1.29, 1.82) is 0 Å². The van der Waals surface area contributed by atoms with Crippen molar-refractivity contribution in [3.8, 4) is 0 Å². The van der Waals surface area contributed by atoms with Crippen molar-refractivity contribution < 1.29 is 13.2 Å². The molecule has 10 heteroatoms. The third kappa shape index (κ3) is 9.36. The first kappa shape index (κ1) is 25.4. The average Bonchev–Trinajstić information content (AvgIpc) is 3.03. The van der Waals surface area contributed by atoms with Gasteiger partial charge in [0, 0.05) is 37.5 Å². The van der Waals surface area contributed by atoms with Crippen LogP contribution in [0.1, 0.15) is 37.9 Å². The van der Waals surface area contributed by atoms with Gasteiger partial charge in [0.2, 0.25) is 0 Å². The molecule has 1 aromatic rings. The van der Waals surface area contributed by atoms with E-state index in [0.29, 0.717) is 36.5 Å². The zero-order valence-electron chi connectivity index (χ0n) is 15.7. The fourth-order valence-electron chi connectivity index (χ4n) is 2.04. The number of thiazole rings is 1. The van der Waals surface area contributed by atoms with Crippen LogP contribution in [0.25, 0.3) is 0 Å². The van der Waals surface area contributed by atoms with Crippen molar-refractivity contribution in [2.45, 2.75) is 45.8 Å². The van der Waals surface area contributed by atoms with Crippen LogP contribution in [0.5, 0.6) is 0 Å². The molecular weight excluding hydrogens is 478 g/mol. The number of nitrogens with one attached hydrogen (secondary N) is 2. The number of guanidine groups is 1. The Labute approximate surface area is 174 Å². The van der Waals surface area contributed by atoms with Gasteiger partial charge in [0.15, 0.2) is 11.7 Å². The van der Waals surface area contributed by atoms with Crippen LogP contribution in [0.2, 0.25) is 0 Å². The van der Waals surface area contributed by atoms with E-state index in [-0.39, 0.29) is 24.0 Å². The van der Waals surface area contributed by atoms with Crippen LogP contribution in [0, 0.1) is 0 Å². The quantitative estimate of drug-likeness (QED) is 0.305. The van der Waals surface area contributed by atoms with Gasteiger partial charge in [0.25, 0.3) is 0 Å². The Balaban J connectivity index is 0.00000625. The highest BCUT2D eigenvalue weighted by Gasteiger charge is 2.33. The number of nitrogens with zero attached hydrogens (tertiary/aromatic N) is 3. The maximum Gasteiger partial charge on any atom is 0.434 e. The topological polar surface area (TPSA) is 52.6 Å². The molecule has 0 aliphatic carbocycles. The van der Waals surface area contributed by atoms with Crippen LogP contribution in [0.15, 0.2) is 10.4 Å². The first-order chi connectivity index (χ1) is 11.8. The normalized spacial score (nSPS) is 13.5. The van der Waals surface area contributed by atoms with Gasteiger partial charge in [0.1, 0.15) is 0 Å². The van der Waals surface area contributed by atoms with Gasteiger partial charge >= 0.3 is 6.18 Å². The van der Waals surface area contributed by atoms with Gasteiger partial charge in [-0.25, -0.2) is 4.98 Å². The van der Waals surface area contributed by atoms with E-state index in [4.69, 9.17) is 0 Å². The Hall–Kier alpha value is -0.620. The summed E-state index contributed by atoms with van der Waals surface area (Å²) in [5, 5.41) is 7.80. The lowest BCUT2D eigenvalue weighted by molar-refractivity contribution is -0.140. The summed E-state index contributed by atoms with van der Waals surface area (Å²) in [5.74, 6) is 0.674. The van der Waals surface area contributed by atoms with Crippen molar-refractivity contribution >= 4 is 41.3 Å². The Bertz CT molecular complexity index is 536. The minimum absolute atomic E-state index is 0. The van der Waals surface area contributed by atoms with E-state index < -0.39 is 11.9 Å². The molecule has 5 nitrogen and oxygen atoms in total. The van der Waals surface area contributed by atoms with E-state index in [1.807, 2.05) is 6.92 Å². The highest BCUT2D eigenvalue weighted by atomic mass is 127. The van der Waals surface area contributed by atoms with E-state index in [1.54, 1.807) is 0 Å². The molecule has 1 rings (SSSR count). The molecule has 0 radical (unpaired) electrons. The number of alkyl halides is 3. The number of rotatable bonds is 9. The van der Waals surface area contributed by atoms with Gasteiger partial charge < -0.3 is 15.5 Å². The van der Waals surface area contributed by atoms with Gasteiger partial charge in [0.05, 0.1) is 11.6 Å². The molecule has 0 bridgehead atoms. The van der Waals surface area contributed by atoms with Crippen LogP contribution < -0.4 is 10.6 Å². The number of halogens is 4. The second-order valence-electron chi connectivity index (χ2n) is 5.80. The van der Waals surface area contributed by atoms with Gasteiger partial charge in [-0.2, -0.15) is 13.2 Å². The molecule has 0 spiro atoms. The molecule has 0 aliphatic heterocycles. The SMILES string of the molecule is CCNC(=NCCN(C)C(C)CC)NCCc1nc(C(F)(F)F)cs1.I.